The summed E-state index contributed by atoms with van der Waals surface area (Å²) in [6.07, 6.45) is 5.86. The number of methoxy groups -OCH3 is 1. The van der Waals surface area contributed by atoms with Crippen molar-refractivity contribution in [3.05, 3.63) is 60.2 Å². The Morgan fingerprint density at radius 2 is 1.73 bits per heavy atom. The minimum atomic E-state index is -0.153. The number of ether oxygens (including phenoxy) is 1. The van der Waals surface area contributed by atoms with Gasteiger partial charge >= 0.3 is 0 Å². The van der Waals surface area contributed by atoms with Crippen molar-refractivity contribution < 1.29 is 14.3 Å². The number of nitrogens with zero attached hydrogens (tertiary/aromatic N) is 2. The highest BCUT2D eigenvalue weighted by Crippen LogP contribution is 2.32. The van der Waals surface area contributed by atoms with Gasteiger partial charge in [0.1, 0.15) is 5.75 Å². The Morgan fingerprint density at radius 1 is 1.00 bits per heavy atom. The lowest BCUT2D eigenvalue weighted by Gasteiger charge is -2.40. The normalized spacial score (nSPS) is 18.2. The number of carbonyl (C=O) groups excluding carboxylic acids is 2. The molecule has 1 saturated carbocycles. The molecule has 0 unspecified atom stereocenters. The Bertz CT molecular complexity index is 919. The zero-order valence-electron chi connectivity index (χ0n) is 19.5. The predicted molar refractivity (Wildman–Crippen MR) is 130 cm³/mol. The standard InChI is InChI=1S/C27H35N3O3/c1-33-24-13-7-12-23(20-24)28-27(32)26(22-10-5-6-11-22)30-18-16-29(17-19-30)25(31)15-14-21-8-3-2-4-9-21/h2-4,7-9,12-13,20,22,26H,5-6,10-11,14-19H2,1H3,(H,28,32)/t26-/m1/s1. The number of nitrogens with one attached hydrogen (secondary N) is 1. The van der Waals surface area contributed by atoms with Crippen molar-refractivity contribution in [3.8, 4) is 5.75 Å². The third-order valence-electron chi connectivity index (χ3n) is 6.98. The van der Waals surface area contributed by atoms with E-state index in [-0.39, 0.29) is 17.9 Å². The molecule has 2 amide bonds. The number of aryl methyl sites for hydroxylation is 1. The Morgan fingerprint density at radius 3 is 2.42 bits per heavy atom. The molecule has 6 heteroatoms. The Kier molecular flexibility index (Phi) is 8.00. The van der Waals surface area contributed by atoms with E-state index < -0.39 is 0 Å². The highest BCUT2D eigenvalue weighted by Gasteiger charge is 2.37. The fourth-order valence-corrected chi connectivity index (χ4v) is 5.17. The summed E-state index contributed by atoms with van der Waals surface area (Å²) in [6, 6.07) is 17.5. The van der Waals surface area contributed by atoms with Crippen molar-refractivity contribution in [3.63, 3.8) is 0 Å². The molecule has 6 nitrogen and oxygen atoms in total. The van der Waals surface area contributed by atoms with Crippen LogP contribution in [0.4, 0.5) is 5.69 Å². The molecule has 4 rings (SSSR count). The van der Waals surface area contributed by atoms with Gasteiger partial charge in [0.15, 0.2) is 0 Å². The fourth-order valence-electron chi connectivity index (χ4n) is 5.17. The summed E-state index contributed by atoms with van der Waals surface area (Å²) in [5.74, 6) is 1.36. The highest BCUT2D eigenvalue weighted by atomic mass is 16.5. The first-order valence-corrected chi connectivity index (χ1v) is 12.1. The topological polar surface area (TPSA) is 61.9 Å². The summed E-state index contributed by atoms with van der Waals surface area (Å²) in [6.45, 7) is 2.85. The molecule has 1 saturated heterocycles. The average molecular weight is 450 g/mol. The highest BCUT2D eigenvalue weighted by molar-refractivity contribution is 5.95. The van der Waals surface area contributed by atoms with Crippen molar-refractivity contribution in [2.45, 2.75) is 44.6 Å². The van der Waals surface area contributed by atoms with Gasteiger partial charge in [0, 0.05) is 44.4 Å². The first-order chi connectivity index (χ1) is 16.1. The lowest BCUT2D eigenvalue weighted by molar-refractivity contribution is -0.134. The first-order valence-electron chi connectivity index (χ1n) is 12.1. The van der Waals surface area contributed by atoms with Gasteiger partial charge in [-0.2, -0.15) is 0 Å². The van der Waals surface area contributed by atoms with E-state index in [1.165, 1.54) is 18.4 Å². The van der Waals surface area contributed by atoms with Crippen LogP contribution in [0.1, 0.15) is 37.7 Å². The van der Waals surface area contributed by atoms with Crippen LogP contribution in [0.2, 0.25) is 0 Å². The second-order valence-corrected chi connectivity index (χ2v) is 9.11. The van der Waals surface area contributed by atoms with E-state index in [0.717, 1.165) is 43.8 Å². The van der Waals surface area contributed by atoms with Gasteiger partial charge < -0.3 is 15.0 Å². The zero-order valence-corrected chi connectivity index (χ0v) is 19.5. The smallest absolute Gasteiger partial charge is 0.242 e. The Hall–Kier alpha value is -2.86. The maximum atomic E-state index is 13.4. The number of carbonyl (C=O) groups is 2. The predicted octanol–water partition coefficient (Wildman–Crippen LogP) is 3.97. The maximum Gasteiger partial charge on any atom is 0.242 e. The monoisotopic (exact) mass is 449 g/mol. The quantitative estimate of drug-likeness (QED) is 0.663. The molecule has 2 fully saturated rings. The van der Waals surface area contributed by atoms with Crippen molar-refractivity contribution in [2.75, 3.05) is 38.6 Å². The van der Waals surface area contributed by atoms with Crippen LogP contribution in [0.3, 0.4) is 0 Å². The molecule has 2 aromatic rings. The Balaban J connectivity index is 1.35. The van der Waals surface area contributed by atoms with Crippen LogP contribution in [-0.2, 0) is 16.0 Å². The van der Waals surface area contributed by atoms with E-state index in [2.05, 4.69) is 22.3 Å². The molecule has 2 aromatic carbocycles. The lowest BCUT2D eigenvalue weighted by Crippen LogP contribution is -2.57. The van der Waals surface area contributed by atoms with E-state index in [9.17, 15) is 9.59 Å². The first kappa shape index (κ1) is 23.3. The van der Waals surface area contributed by atoms with E-state index in [0.29, 0.717) is 25.4 Å². The van der Waals surface area contributed by atoms with Crippen LogP contribution in [-0.4, -0.2) is 60.9 Å². The van der Waals surface area contributed by atoms with Crippen LogP contribution in [0, 0.1) is 5.92 Å². The summed E-state index contributed by atoms with van der Waals surface area (Å²) in [4.78, 5) is 30.4. The number of hydrogen-bond donors (Lipinski definition) is 1. The van der Waals surface area contributed by atoms with E-state index >= 15 is 0 Å². The fraction of sp³-hybridized carbons (Fsp3) is 0.481. The van der Waals surface area contributed by atoms with Gasteiger partial charge in [0.05, 0.1) is 13.2 Å². The summed E-state index contributed by atoms with van der Waals surface area (Å²) < 4.78 is 5.30. The molecule has 1 aliphatic carbocycles. The number of hydrogen-bond acceptors (Lipinski definition) is 4. The number of amides is 2. The molecule has 1 aliphatic heterocycles. The third kappa shape index (κ3) is 6.14. The van der Waals surface area contributed by atoms with Crippen LogP contribution in [0.25, 0.3) is 0 Å². The van der Waals surface area contributed by atoms with Crippen LogP contribution >= 0.6 is 0 Å². The third-order valence-corrected chi connectivity index (χ3v) is 6.98. The minimum Gasteiger partial charge on any atom is -0.497 e. The SMILES string of the molecule is COc1cccc(NC(=O)[C@@H](C2CCCC2)N2CCN(C(=O)CCc3ccccc3)CC2)c1. The summed E-state index contributed by atoms with van der Waals surface area (Å²) in [5, 5.41) is 3.12. The van der Waals surface area contributed by atoms with Crippen LogP contribution in [0.15, 0.2) is 54.6 Å². The van der Waals surface area contributed by atoms with Crippen molar-refractivity contribution >= 4 is 17.5 Å². The summed E-state index contributed by atoms with van der Waals surface area (Å²) in [7, 11) is 1.63. The van der Waals surface area contributed by atoms with E-state index in [1.54, 1.807) is 7.11 Å². The molecule has 2 aliphatic rings. The number of rotatable bonds is 8. The molecule has 1 N–H and O–H groups in total. The average Bonchev–Trinajstić information content (AvgIpc) is 3.38. The second kappa shape index (κ2) is 11.3. The summed E-state index contributed by atoms with van der Waals surface area (Å²) in [5.41, 5.74) is 1.96. The van der Waals surface area contributed by atoms with Gasteiger partial charge in [0.2, 0.25) is 11.8 Å². The number of anilines is 1. The van der Waals surface area contributed by atoms with Gasteiger partial charge in [-0.1, -0.05) is 49.2 Å². The van der Waals surface area contributed by atoms with Crippen LogP contribution in [0.5, 0.6) is 5.75 Å². The van der Waals surface area contributed by atoms with E-state index in [1.807, 2.05) is 47.4 Å². The van der Waals surface area contributed by atoms with Crippen molar-refractivity contribution in [2.24, 2.45) is 5.92 Å². The van der Waals surface area contributed by atoms with Gasteiger partial charge in [-0.3, -0.25) is 14.5 Å². The molecular weight excluding hydrogens is 414 g/mol. The van der Waals surface area contributed by atoms with Crippen LogP contribution < -0.4 is 10.1 Å². The Labute approximate surface area is 196 Å². The number of benzene rings is 2. The zero-order chi connectivity index (χ0) is 23.0. The lowest BCUT2D eigenvalue weighted by atomic mass is 9.94. The molecule has 0 aromatic heterocycles. The second-order valence-electron chi connectivity index (χ2n) is 9.11. The largest absolute Gasteiger partial charge is 0.497 e. The molecule has 1 heterocycles. The molecule has 0 bridgehead atoms. The van der Waals surface area contributed by atoms with E-state index in [4.69, 9.17) is 4.74 Å². The summed E-state index contributed by atoms with van der Waals surface area (Å²) >= 11 is 0. The number of piperazine rings is 1. The van der Waals surface area contributed by atoms with Crippen molar-refractivity contribution in [1.82, 2.24) is 9.80 Å². The molecule has 1 atom stereocenters. The molecule has 0 radical (unpaired) electrons. The van der Waals surface area contributed by atoms with Gasteiger partial charge in [0.25, 0.3) is 0 Å². The molecular formula is C27H35N3O3. The maximum absolute atomic E-state index is 13.4. The van der Waals surface area contributed by atoms with Gasteiger partial charge in [-0.05, 0) is 42.9 Å². The minimum absolute atomic E-state index is 0.0546. The molecule has 176 valence electrons. The van der Waals surface area contributed by atoms with Crippen molar-refractivity contribution in [1.29, 1.82) is 0 Å². The molecule has 0 spiro atoms. The molecule has 33 heavy (non-hydrogen) atoms. The van der Waals surface area contributed by atoms with Gasteiger partial charge in [-0.25, -0.2) is 0 Å². The van der Waals surface area contributed by atoms with Gasteiger partial charge in [-0.15, -0.1) is 0 Å².